The van der Waals surface area contributed by atoms with Crippen LogP contribution in [0.2, 0.25) is 0 Å². The van der Waals surface area contributed by atoms with Gasteiger partial charge in [-0.3, -0.25) is 4.79 Å². The second-order valence-corrected chi connectivity index (χ2v) is 5.34. The minimum atomic E-state index is -0.451. The van der Waals surface area contributed by atoms with Crippen LogP contribution in [0.25, 0.3) is 0 Å². The van der Waals surface area contributed by atoms with Crippen molar-refractivity contribution in [2.45, 2.75) is 26.3 Å². The summed E-state index contributed by atoms with van der Waals surface area (Å²) >= 11 is 0. The van der Waals surface area contributed by atoms with E-state index in [4.69, 9.17) is 9.47 Å². The Balaban J connectivity index is 1.86. The van der Waals surface area contributed by atoms with Crippen LogP contribution < -0.4 is 19.7 Å². The highest BCUT2D eigenvalue weighted by atomic mass is 16.7. The quantitative estimate of drug-likeness (QED) is 0.856. The number of fused-ring (bicyclic) bond motifs is 1. The Morgan fingerprint density at radius 3 is 2.80 bits per heavy atom. The molecule has 3 rings (SSSR count). The van der Waals surface area contributed by atoms with Crippen molar-refractivity contribution in [3.8, 4) is 11.5 Å². The molecule has 3 amide bonds. The van der Waals surface area contributed by atoms with Crippen molar-refractivity contribution in [1.82, 2.24) is 5.32 Å². The number of benzene rings is 1. The first-order valence-electron chi connectivity index (χ1n) is 6.60. The Morgan fingerprint density at radius 1 is 1.30 bits per heavy atom. The molecular weight excluding hydrogens is 260 g/mol. The molecule has 0 unspecified atom stereocenters. The predicted molar refractivity (Wildman–Crippen MR) is 71.8 cm³/mol. The molecule has 1 aromatic carbocycles. The van der Waals surface area contributed by atoms with E-state index in [0.717, 1.165) is 4.90 Å². The number of carbonyl (C=O) groups excluding carboxylic acids is 2. The van der Waals surface area contributed by atoms with Crippen molar-refractivity contribution < 1.29 is 19.1 Å². The Hall–Kier alpha value is -2.24. The molecule has 6 nitrogen and oxygen atoms in total. The minimum absolute atomic E-state index is 0.162. The lowest BCUT2D eigenvalue weighted by Crippen LogP contribution is -2.31. The molecule has 1 atom stereocenters. The van der Waals surface area contributed by atoms with E-state index in [2.05, 4.69) is 5.32 Å². The highest BCUT2D eigenvalue weighted by molar-refractivity contribution is 6.21. The number of carbonyl (C=O) groups is 2. The van der Waals surface area contributed by atoms with Crippen LogP contribution in [0, 0.1) is 5.92 Å². The van der Waals surface area contributed by atoms with Gasteiger partial charge in [0.2, 0.25) is 6.79 Å². The van der Waals surface area contributed by atoms with Crippen molar-refractivity contribution in [3.05, 3.63) is 18.2 Å². The number of nitrogens with one attached hydrogen (secondary N) is 1. The van der Waals surface area contributed by atoms with Gasteiger partial charge < -0.3 is 14.8 Å². The van der Waals surface area contributed by atoms with Crippen molar-refractivity contribution >= 4 is 17.6 Å². The van der Waals surface area contributed by atoms with Crippen LogP contribution in [0.1, 0.15) is 20.3 Å². The summed E-state index contributed by atoms with van der Waals surface area (Å²) in [4.78, 5) is 25.5. The average Bonchev–Trinajstić information content (AvgIpc) is 2.94. The van der Waals surface area contributed by atoms with Gasteiger partial charge in [0.25, 0.3) is 5.91 Å². The van der Waals surface area contributed by atoms with E-state index in [1.54, 1.807) is 18.2 Å². The van der Waals surface area contributed by atoms with Crippen LogP contribution in [-0.4, -0.2) is 24.8 Å². The number of urea groups is 1. The molecule has 2 heterocycles. The molecule has 20 heavy (non-hydrogen) atoms. The number of hydrogen-bond donors (Lipinski definition) is 1. The fourth-order valence-corrected chi connectivity index (χ4v) is 2.43. The van der Waals surface area contributed by atoms with Crippen LogP contribution in [0.4, 0.5) is 10.5 Å². The van der Waals surface area contributed by atoms with E-state index < -0.39 is 6.04 Å². The van der Waals surface area contributed by atoms with Crippen LogP contribution in [0.3, 0.4) is 0 Å². The summed E-state index contributed by atoms with van der Waals surface area (Å²) in [6, 6.07) is 4.20. The fraction of sp³-hybridized carbons (Fsp3) is 0.429. The summed E-state index contributed by atoms with van der Waals surface area (Å²) in [5.74, 6) is 1.29. The molecule has 0 aliphatic carbocycles. The van der Waals surface area contributed by atoms with Crippen LogP contribution in [0.15, 0.2) is 18.2 Å². The van der Waals surface area contributed by atoms with E-state index >= 15 is 0 Å². The zero-order valence-electron chi connectivity index (χ0n) is 11.4. The number of hydrogen-bond acceptors (Lipinski definition) is 4. The molecule has 0 spiro atoms. The van der Waals surface area contributed by atoms with Gasteiger partial charge in [0.05, 0.1) is 5.69 Å². The second-order valence-electron chi connectivity index (χ2n) is 5.34. The van der Waals surface area contributed by atoms with Gasteiger partial charge in [-0.25, -0.2) is 9.69 Å². The van der Waals surface area contributed by atoms with E-state index in [-0.39, 0.29) is 18.7 Å². The molecular formula is C14H16N2O4. The van der Waals surface area contributed by atoms with Crippen molar-refractivity contribution in [1.29, 1.82) is 0 Å². The lowest BCUT2D eigenvalue weighted by Gasteiger charge is -2.14. The fourth-order valence-electron chi connectivity index (χ4n) is 2.43. The lowest BCUT2D eigenvalue weighted by atomic mass is 10.0. The highest BCUT2D eigenvalue weighted by Gasteiger charge is 2.39. The third-order valence-electron chi connectivity index (χ3n) is 3.34. The highest BCUT2D eigenvalue weighted by Crippen LogP contribution is 2.36. The monoisotopic (exact) mass is 276 g/mol. The van der Waals surface area contributed by atoms with Gasteiger partial charge in [-0.15, -0.1) is 0 Å². The maximum absolute atomic E-state index is 12.3. The van der Waals surface area contributed by atoms with Gasteiger partial charge in [0, 0.05) is 6.07 Å². The molecule has 1 saturated heterocycles. The molecule has 1 aromatic rings. The van der Waals surface area contributed by atoms with E-state index in [1.807, 2.05) is 13.8 Å². The predicted octanol–water partition coefficient (Wildman–Crippen LogP) is 1.89. The largest absolute Gasteiger partial charge is 0.454 e. The topological polar surface area (TPSA) is 67.9 Å². The summed E-state index contributed by atoms with van der Waals surface area (Å²) in [5.41, 5.74) is 0.503. The van der Waals surface area contributed by atoms with Gasteiger partial charge in [-0.2, -0.15) is 0 Å². The number of anilines is 1. The summed E-state index contributed by atoms with van der Waals surface area (Å²) in [6.07, 6.45) is 0.631. The van der Waals surface area contributed by atoms with Gasteiger partial charge in [0.15, 0.2) is 11.5 Å². The Kier molecular flexibility index (Phi) is 3.00. The van der Waals surface area contributed by atoms with Gasteiger partial charge in [0.1, 0.15) is 6.04 Å². The maximum atomic E-state index is 12.3. The third kappa shape index (κ3) is 2.07. The van der Waals surface area contributed by atoms with Crippen LogP contribution >= 0.6 is 0 Å². The molecule has 1 N–H and O–H groups in total. The first kappa shape index (κ1) is 12.8. The van der Waals surface area contributed by atoms with Crippen molar-refractivity contribution in [3.63, 3.8) is 0 Å². The standard InChI is InChI=1S/C14H16N2O4/c1-8(2)5-10-13(17)16(14(18)15-10)9-3-4-11-12(6-9)20-7-19-11/h3-4,6,8,10H,5,7H2,1-2H3,(H,15,18)/t10-/m0/s1. The molecule has 2 aliphatic heterocycles. The van der Waals surface area contributed by atoms with Gasteiger partial charge >= 0.3 is 6.03 Å². The SMILES string of the molecule is CC(C)C[C@@H]1NC(=O)N(c2ccc3c(c2)OCO3)C1=O. The Labute approximate surface area is 116 Å². The number of ether oxygens (including phenoxy) is 2. The maximum Gasteiger partial charge on any atom is 0.329 e. The zero-order valence-corrected chi connectivity index (χ0v) is 11.4. The lowest BCUT2D eigenvalue weighted by molar-refractivity contribution is -0.118. The molecule has 0 aromatic heterocycles. The third-order valence-corrected chi connectivity index (χ3v) is 3.34. The number of imide groups is 1. The number of amides is 3. The number of rotatable bonds is 3. The zero-order chi connectivity index (χ0) is 14.3. The minimum Gasteiger partial charge on any atom is -0.454 e. The molecule has 0 bridgehead atoms. The first-order chi connectivity index (χ1) is 9.56. The second kappa shape index (κ2) is 4.70. The van der Waals surface area contributed by atoms with Crippen molar-refractivity contribution in [2.24, 2.45) is 5.92 Å². The summed E-state index contributed by atoms with van der Waals surface area (Å²) in [5, 5.41) is 2.72. The smallest absolute Gasteiger partial charge is 0.329 e. The summed E-state index contributed by atoms with van der Waals surface area (Å²) in [7, 11) is 0. The molecule has 1 fully saturated rings. The van der Waals surface area contributed by atoms with E-state index in [0.29, 0.717) is 29.5 Å². The molecule has 106 valence electrons. The normalized spacial score (nSPS) is 20.8. The van der Waals surface area contributed by atoms with Gasteiger partial charge in [-0.1, -0.05) is 13.8 Å². The first-order valence-corrected chi connectivity index (χ1v) is 6.60. The summed E-state index contributed by atoms with van der Waals surface area (Å²) < 4.78 is 10.5. The molecule has 2 aliphatic rings. The summed E-state index contributed by atoms with van der Waals surface area (Å²) in [6.45, 7) is 4.19. The van der Waals surface area contributed by atoms with Crippen LogP contribution in [-0.2, 0) is 4.79 Å². The molecule has 0 saturated carbocycles. The van der Waals surface area contributed by atoms with Crippen molar-refractivity contribution in [2.75, 3.05) is 11.7 Å². The Morgan fingerprint density at radius 2 is 2.05 bits per heavy atom. The van der Waals surface area contributed by atoms with Crippen LogP contribution in [0.5, 0.6) is 11.5 Å². The number of nitrogens with zero attached hydrogens (tertiary/aromatic N) is 1. The Bertz CT molecular complexity index is 570. The average molecular weight is 276 g/mol. The molecule has 6 heteroatoms. The van der Waals surface area contributed by atoms with E-state index in [1.165, 1.54) is 0 Å². The van der Waals surface area contributed by atoms with E-state index in [9.17, 15) is 9.59 Å². The molecule has 0 radical (unpaired) electrons. The van der Waals surface area contributed by atoms with Gasteiger partial charge in [-0.05, 0) is 24.5 Å².